The zero-order valence-electron chi connectivity index (χ0n) is 11.2. The molecule has 18 heavy (non-hydrogen) atoms. The second-order valence-electron chi connectivity index (χ2n) is 6.03. The largest absolute Gasteiger partial charge is 0.496 e. The number of benzene rings is 1. The Labute approximate surface area is 109 Å². The number of fused-ring (bicyclic) bond motifs is 2. The highest BCUT2D eigenvalue weighted by atomic mass is 16.5. The lowest BCUT2D eigenvalue weighted by Crippen LogP contribution is -2.19. The van der Waals surface area contributed by atoms with Gasteiger partial charge in [0.05, 0.1) is 13.2 Å². The molecule has 0 amide bonds. The molecule has 0 aromatic heterocycles. The van der Waals surface area contributed by atoms with Crippen molar-refractivity contribution < 1.29 is 9.84 Å². The molecule has 1 aromatic carbocycles. The van der Waals surface area contributed by atoms with Crippen molar-refractivity contribution in [2.75, 3.05) is 7.11 Å². The smallest absolute Gasteiger partial charge is 0.124 e. The summed E-state index contributed by atoms with van der Waals surface area (Å²) < 4.78 is 5.40. The predicted molar refractivity (Wildman–Crippen MR) is 71.6 cm³/mol. The molecule has 2 aliphatic rings. The summed E-state index contributed by atoms with van der Waals surface area (Å²) in [5.41, 5.74) is 2.17. The first-order chi connectivity index (χ1) is 8.69. The monoisotopic (exact) mass is 246 g/mol. The number of rotatable bonds is 3. The fourth-order valence-electron chi connectivity index (χ4n) is 4.00. The average molecular weight is 246 g/mol. The normalized spacial score (nSPS) is 31.6. The molecule has 1 aromatic rings. The third-order valence-electron chi connectivity index (χ3n) is 4.90. The fourth-order valence-corrected chi connectivity index (χ4v) is 4.00. The molecule has 2 bridgehead atoms. The van der Waals surface area contributed by atoms with Gasteiger partial charge in [0.2, 0.25) is 0 Å². The van der Waals surface area contributed by atoms with Gasteiger partial charge in [0.15, 0.2) is 0 Å². The van der Waals surface area contributed by atoms with E-state index in [1.54, 1.807) is 7.11 Å². The Bertz CT molecular complexity index is 441. The van der Waals surface area contributed by atoms with E-state index in [1.807, 2.05) is 12.1 Å². The zero-order valence-corrected chi connectivity index (χ0v) is 11.2. The van der Waals surface area contributed by atoms with Gasteiger partial charge in [-0.25, -0.2) is 0 Å². The molecule has 0 aliphatic heterocycles. The van der Waals surface area contributed by atoms with Crippen LogP contribution in [0.5, 0.6) is 5.75 Å². The van der Waals surface area contributed by atoms with E-state index < -0.39 is 0 Å². The molecule has 2 fully saturated rings. The summed E-state index contributed by atoms with van der Waals surface area (Å²) in [5.74, 6) is 2.87. The van der Waals surface area contributed by atoms with Crippen LogP contribution in [0.2, 0.25) is 0 Å². The summed E-state index contributed by atoms with van der Waals surface area (Å²) in [6.45, 7) is 2.07. The Hall–Kier alpha value is -1.02. The van der Waals surface area contributed by atoms with Gasteiger partial charge < -0.3 is 9.84 Å². The molecule has 2 heteroatoms. The maximum Gasteiger partial charge on any atom is 0.124 e. The van der Waals surface area contributed by atoms with Crippen LogP contribution in [0.15, 0.2) is 18.2 Å². The minimum Gasteiger partial charge on any atom is -0.496 e. The molecular formula is C16H22O2. The van der Waals surface area contributed by atoms with Gasteiger partial charge in [-0.15, -0.1) is 0 Å². The summed E-state index contributed by atoms with van der Waals surface area (Å²) in [7, 11) is 1.68. The van der Waals surface area contributed by atoms with Crippen LogP contribution >= 0.6 is 0 Å². The third kappa shape index (κ3) is 1.93. The SMILES string of the molecule is COc1ccc(C)cc1C(O)C1CC2CCC1C2. The van der Waals surface area contributed by atoms with Gasteiger partial charge >= 0.3 is 0 Å². The first-order valence-electron chi connectivity index (χ1n) is 7.01. The first kappa shape index (κ1) is 12.0. The standard InChI is InChI=1S/C16H22O2/c1-10-3-6-15(18-2)14(7-10)16(17)13-9-11-4-5-12(13)8-11/h3,6-7,11-13,16-17H,4-5,8-9H2,1-2H3. The highest BCUT2D eigenvalue weighted by molar-refractivity contribution is 5.39. The highest BCUT2D eigenvalue weighted by Gasteiger charge is 2.43. The molecule has 0 spiro atoms. The van der Waals surface area contributed by atoms with Crippen molar-refractivity contribution in [1.29, 1.82) is 0 Å². The van der Waals surface area contributed by atoms with Crippen LogP contribution < -0.4 is 4.74 Å². The Morgan fingerprint density at radius 1 is 1.28 bits per heavy atom. The van der Waals surface area contributed by atoms with Crippen LogP contribution in [0.4, 0.5) is 0 Å². The van der Waals surface area contributed by atoms with Crippen molar-refractivity contribution in [3.05, 3.63) is 29.3 Å². The van der Waals surface area contributed by atoms with Gasteiger partial charge in [-0.1, -0.05) is 18.1 Å². The number of aliphatic hydroxyl groups excluding tert-OH is 1. The van der Waals surface area contributed by atoms with E-state index in [-0.39, 0.29) is 6.10 Å². The molecule has 2 saturated carbocycles. The van der Waals surface area contributed by atoms with E-state index in [2.05, 4.69) is 13.0 Å². The van der Waals surface area contributed by atoms with Crippen molar-refractivity contribution >= 4 is 0 Å². The number of methoxy groups -OCH3 is 1. The van der Waals surface area contributed by atoms with Crippen LogP contribution in [0.3, 0.4) is 0 Å². The van der Waals surface area contributed by atoms with E-state index in [9.17, 15) is 5.11 Å². The van der Waals surface area contributed by atoms with Crippen LogP contribution in [-0.4, -0.2) is 12.2 Å². The van der Waals surface area contributed by atoms with Gasteiger partial charge in [0.25, 0.3) is 0 Å². The summed E-state index contributed by atoms with van der Waals surface area (Å²) in [6, 6.07) is 6.09. The molecule has 4 atom stereocenters. The molecule has 4 unspecified atom stereocenters. The summed E-state index contributed by atoms with van der Waals surface area (Å²) >= 11 is 0. The zero-order chi connectivity index (χ0) is 12.7. The highest BCUT2D eigenvalue weighted by Crippen LogP contribution is 2.53. The van der Waals surface area contributed by atoms with Crippen molar-refractivity contribution in [3.63, 3.8) is 0 Å². The Balaban J connectivity index is 1.87. The first-order valence-corrected chi connectivity index (χ1v) is 7.01. The lowest BCUT2D eigenvalue weighted by atomic mass is 9.81. The summed E-state index contributed by atoms with van der Waals surface area (Å²) in [5, 5.41) is 10.7. The minimum absolute atomic E-state index is 0.352. The lowest BCUT2D eigenvalue weighted by molar-refractivity contribution is 0.0722. The molecular weight excluding hydrogens is 224 g/mol. The maximum absolute atomic E-state index is 10.7. The topological polar surface area (TPSA) is 29.5 Å². The van der Waals surface area contributed by atoms with Crippen LogP contribution in [0.25, 0.3) is 0 Å². The summed E-state index contributed by atoms with van der Waals surface area (Å²) in [4.78, 5) is 0. The summed E-state index contributed by atoms with van der Waals surface area (Å²) in [6.07, 6.45) is 4.85. The second kappa shape index (κ2) is 4.58. The number of ether oxygens (including phenoxy) is 1. The third-order valence-corrected chi connectivity index (χ3v) is 4.90. The Morgan fingerprint density at radius 2 is 2.11 bits per heavy atom. The van der Waals surface area contributed by atoms with Crippen molar-refractivity contribution in [2.45, 2.75) is 38.7 Å². The Kier molecular flexibility index (Phi) is 3.06. The van der Waals surface area contributed by atoms with Crippen molar-refractivity contribution in [1.82, 2.24) is 0 Å². The van der Waals surface area contributed by atoms with Crippen LogP contribution in [0.1, 0.15) is 42.9 Å². The van der Waals surface area contributed by atoms with Gasteiger partial charge in [-0.3, -0.25) is 0 Å². The maximum atomic E-state index is 10.7. The molecule has 1 N–H and O–H groups in total. The molecule has 0 radical (unpaired) electrons. The molecule has 0 saturated heterocycles. The number of aryl methyl sites for hydroxylation is 1. The number of hydrogen-bond acceptors (Lipinski definition) is 2. The van der Waals surface area contributed by atoms with Gasteiger partial charge in [0, 0.05) is 5.56 Å². The van der Waals surface area contributed by atoms with Gasteiger partial charge in [-0.2, -0.15) is 0 Å². The van der Waals surface area contributed by atoms with Crippen LogP contribution in [0, 0.1) is 24.7 Å². The van der Waals surface area contributed by atoms with E-state index >= 15 is 0 Å². The van der Waals surface area contributed by atoms with E-state index in [4.69, 9.17) is 4.74 Å². The average Bonchev–Trinajstić information content (AvgIpc) is 3.00. The van der Waals surface area contributed by atoms with E-state index in [0.717, 1.165) is 23.1 Å². The fraction of sp³-hybridized carbons (Fsp3) is 0.625. The molecule has 0 heterocycles. The lowest BCUT2D eigenvalue weighted by Gasteiger charge is -2.28. The van der Waals surface area contributed by atoms with E-state index in [0.29, 0.717) is 5.92 Å². The number of hydrogen-bond donors (Lipinski definition) is 1. The molecule has 98 valence electrons. The molecule has 2 aliphatic carbocycles. The predicted octanol–water partition coefficient (Wildman–Crippen LogP) is 3.47. The van der Waals surface area contributed by atoms with Crippen LogP contribution in [-0.2, 0) is 0 Å². The minimum atomic E-state index is -0.352. The quantitative estimate of drug-likeness (QED) is 0.885. The van der Waals surface area contributed by atoms with E-state index in [1.165, 1.54) is 31.2 Å². The molecule has 3 rings (SSSR count). The van der Waals surface area contributed by atoms with Gasteiger partial charge in [0.1, 0.15) is 5.75 Å². The van der Waals surface area contributed by atoms with Crippen molar-refractivity contribution in [3.8, 4) is 5.75 Å². The van der Waals surface area contributed by atoms with Gasteiger partial charge in [-0.05, 0) is 56.1 Å². The molecule has 2 nitrogen and oxygen atoms in total. The number of aliphatic hydroxyl groups is 1. The Morgan fingerprint density at radius 3 is 2.72 bits per heavy atom. The van der Waals surface area contributed by atoms with Crippen molar-refractivity contribution in [2.24, 2.45) is 17.8 Å². The second-order valence-corrected chi connectivity index (χ2v) is 6.03.